The maximum absolute atomic E-state index is 13.1. The van der Waals surface area contributed by atoms with Crippen molar-refractivity contribution in [3.63, 3.8) is 0 Å². The highest BCUT2D eigenvalue weighted by atomic mass is 32.2. The molecule has 1 aliphatic heterocycles. The molecule has 34 heavy (non-hydrogen) atoms. The number of benzene rings is 2. The Morgan fingerprint density at radius 1 is 1.03 bits per heavy atom. The summed E-state index contributed by atoms with van der Waals surface area (Å²) >= 11 is 1.40. The molecule has 2 aromatic heterocycles. The highest BCUT2D eigenvalue weighted by Crippen LogP contribution is 2.46. The third-order valence-corrected chi connectivity index (χ3v) is 7.21. The molecule has 0 amide bonds. The number of hydrogen-bond donors (Lipinski definition) is 0. The Balaban J connectivity index is 1.38. The number of nitrogens with zero attached hydrogens (tertiary/aromatic N) is 4. The molecule has 0 N–H and O–H groups in total. The van der Waals surface area contributed by atoms with Gasteiger partial charge in [-0.05, 0) is 29.3 Å². The Kier molecular flexibility index (Phi) is 5.87. The molecule has 4 aromatic rings. The number of carbonyl (C=O) groups excluding carboxylic acids is 1. The van der Waals surface area contributed by atoms with Gasteiger partial charge in [0, 0.05) is 29.9 Å². The number of likely N-dealkylation sites (N-methyl/N-ethyl adjacent to an activating group) is 1. The topological polar surface area (TPSA) is 64.2 Å². The molecule has 0 fully saturated rings. The van der Waals surface area contributed by atoms with Crippen molar-refractivity contribution in [2.45, 2.75) is 31.0 Å². The summed E-state index contributed by atoms with van der Waals surface area (Å²) in [6, 6.07) is 22.1. The molecule has 2 aromatic carbocycles. The number of allylic oxidation sites excluding steroid dienone is 2. The van der Waals surface area contributed by atoms with Gasteiger partial charge in [0.05, 0.1) is 18.6 Å². The van der Waals surface area contributed by atoms with Crippen molar-refractivity contribution in [3.05, 3.63) is 95.9 Å². The fraction of sp³-hybridized carbons (Fsp3) is 0.222. The van der Waals surface area contributed by atoms with E-state index in [-0.39, 0.29) is 17.0 Å². The molecule has 0 atom stereocenters. The Labute approximate surface area is 203 Å². The Bertz CT molecular complexity index is 1340. The van der Waals surface area contributed by atoms with Crippen LogP contribution in [0.5, 0.6) is 0 Å². The van der Waals surface area contributed by atoms with E-state index in [2.05, 4.69) is 53.2 Å². The van der Waals surface area contributed by atoms with Gasteiger partial charge in [0.1, 0.15) is 0 Å². The Morgan fingerprint density at radius 3 is 2.53 bits per heavy atom. The normalized spacial score (nSPS) is 15.6. The van der Waals surface area contributed by atoms with Crippen LogP contribution in [0.2, 0.25) is 0 Å². The van der Waals surface area contributed by atoms with Crippen LogP contribution < -0.4 is 4.90 Å². The lowest BCUT2D eigenvalue weighted by Crippen LogP contribution is -2.24. The molecule has 0 bridgehead atoms. The van der Waals surface area contributed by atoms with Gasteiger partial charge in [0.15, 0.2) is 16.7 Å². The molecule has 6 nitrogen and oxygen atoms in total. The summed E-state index contributed by atoms with van der Waals surface area (Å²) in [5.74, 6) is 1.61. The standard InChI is InChI=1S/C27H26N4O2S/c1-27(2)21-12-7-8-13-22(21)30(3)24(27)16-20(32)18-34-26-29-28-25(23-14-9-15-33-23)31(26)17-19-10-5-4-6-11-19/h4-16H,17-18H2,1-3H3/b24-16-. The van der Waals surface area contributed by atoms with Gasteiger partial charge in [0.2, 0.25) is 5.82 Å². The van der Waals surface area contributed by atoms with Crippen LogP contribution in [0.3, 0.4) is 0 Å². The van der Waals surface area contributed by atoms with Gasteiger partial charge < -0.3 is 9.32 Å². The summed E-state index contributed by atoms with van der Waals surface area (Å²) in [5.41, 5.74) is 4.27. The minimum absolute atomic E-state index is 0.0431. The second-order valence-corrected chi connectivity index (χ2v) is 9.78. The molecule has 0 radical (unpaired) electrons. The van der Waals surface area contributed by atoms with Crippen LogP contribution in [-0.2, 0) is 16.8 Å². The minimum Gasteiger partial charge on any atom is -0.461 e. The highest BCUT2D eigenvalue weighted by molar-refractivity contribution is 7.99. The van der Waals surface area contributed by atoms with Crippen molar-refractivity contribution in [3.8, 4) is 11.6 Å². The van der Waals surface area contributed by atoms with Gasteiger partial charge in [-0.1, -0.05) is 74.1 Å². The van der Waals surface area contributed by atoms with Gasteiger partial charge in [0.25, 0.3) is 0 Å². The lowest BCUT2D eigenvalue weighted by Gasteiger charge is -2.23. The van der Waals surface area contributed by atoms with E-state index in [9.17, 15) is 4.79 Å². The van der Waals surface area contributed by atoms with Crippen molar-refractivity contribution < 1.29 is 9.21 Å². The van der Waals surface area contributed by atoms with E-state index < -0.39 is 0 Å². The fourth-order valence-corrected chi connectivity index (χ4v) is 5.24. The van der Waals surface area contributed by atoms with Crippen molar-refractivity contribution >= 4 is 23.2 Å². The van der Waals surface area contributed by atoms with Crippen molar-refractivity contribution in [2.75, 3.05) is 17.7 Å². The van der Waals surface area contributed by atoms with Crippen molar-refractivity contribution in [1.29, 1.82) is 0 Å². The molecule has 1 aliphatic rings. The number of para-hydroxylation sites is 1. The van der Waals surface area contributed by atoms with E-state index in [4.69, 9.17) is 4.42 Å². The van der Waals surface area contributed by atoms with Gasteiger partial charge in [-0.3, -0.25) is 9.36 Å². The SMILES string of the molecule is CN1/C(=C\C(=O)CSc2nnc(-c3ccco3)n2Cc2ccccc2)C(C)(C)c2ccccc21. The molecule has 5 rings (SSSR count). The van der Waals surface area contributed by atoms with Crippen molar-refractivity contribution in [1.82, 2.24) is 14.8 Å². The first kappa shape index (κ1) is 22.2. The summed E-state index contributed by atoms with van der Waals surface area (Å²) < 4.78 is 7.58. The van der Waals surface area contributed by atoms with E-state index in [0.29, 0.717) is 23.3 Å². The molecule has 0 unspecified atom stereocenters. The molecule has 172 valence electrons. The second-order valence-electron chi connectivity index (χ2n) is 8.84. The molecular weight excluding hydrogens is 444 g/mol. The van der Waals surface area contributed by atoms with Gasteiger partial charge in [-0.15, -0.1) is 10.2 Å². The smallest absolute Gasteiger partial charge is 0.200 e. The molecule has 3 heterocycles. The number of rotatable bonds is 7. The summed E-state index contributed by atoms with van der Waals surface area (Å²) in [6.07, 6.45) is 3.40. The largest absolute Gasteiger partial charge is 0.461 e. The zero-order valence-corrected chi connectivity index (χ0v) is 20.2. The third kappa shape index (κ3) is 4.07. The molecule has 7 heteroatoms. The maximum atomic E-state index is 13.1. The van der Waals surface area contributed by atoms with Gasteiger partial charge >= 0.3 is 0 Å². The highest BCUT2D eigenvalue weighted by Gasteiger charge is 2.38. The van der Waals surface area contributed by atoms with Crippen LogP contribution in [0.1, 0.15) is 25.0 Å². The predicted octanol–water partition coefficient (Wildman–Crippen LogP) is 5.56. The van der Waals surface area contributed by atoms with Crippen LogP contribution >= 0.6 is 11.8 Å². The predicted molar refractivity (Wildman–Crippen MR) is 135 cm³/mol. The molecule has 0 spiro atoms. The molecular formula is C27H26N4O2S. The third-order valence-electron chi connectivity index (χ3n) is 6.22. The summed E-state index contributed by atoms with van der Waals surface area (Å²) in [5, 5.41) is 9.43. The monoisotopic (exact) mass is 470 g/mol. The van der Waals surface area contributed by atoms with Crippen LogP contribution in [0.15, 0.2) is 94.3 Å². The number of anilines is 1. The average molecular weight is 471 g/mol. The summed E-state index contributed by atoms with van der Waals surface area (Å²) in [4.78, 5) is 15.2. The maximum Gasteiger partial charge on any atom is 0.200 e. The summed E-state index contributed by atoms with van der Waals surface area (Å²) in [6.45, 7) is 4.91. The number of thioether (sulfide) groups is 1. The number of furan rings is 1. The summed E-state index contributed by atoms with van der Waals surface area (Å²) in [7, 11) is 2.02. The number of carbonyl (C=O) groups is 1. The van der Waals surface area contributed by atoms with Crippen LogP contribution in [-0.4, -0.2) is 33.3 Å². The number of fused-ring (bicyclic) bond motifs is 1. The second kappa shape index (κ2) is 8.99. The first-order valence-electron chi connectivity index (χ1n) is 11.2. The first-order valence-corrected chi connectivity index (χ1v) is 12.2. The average Bonchev–Trinajstić information content (AvgIpc) is 3.55. The lowest BCUT2D eigenvalue weighted by atomic mass is 9.83. The zero-order valence-electron chi connectivity index (χ0n) is 19.4. The first-order chi connectivity index (χ1) is 16.4. The van der Waals surface area contributed by atoms with E-state index >= 15 is 0 Å². The van der Waals surface area contributed by atoms with E-state index in [1.165, 1.54) is 17.3 Å². The number of hydrogen-bond acceptors (Lipinski definition) is 6. The van der Waals surface area contributed by atoms with Crippen LogP contribution in [0.25, 0.3) is 11.6 Å². The number of ketones is 1. The molecule has 0 saturated heterocycles. The fourth-order valence-electron chi connectivity index (χ4n) is 4.48. The lowest BCUT2D eigenvalue weighted by molar-refractivity contribution is -0.112. The van der Waals surface area contributed by atoms with Gasteiger partial charge in [-0.2, -0.15) is 0 Å². The Morgan fingerprint density at radius 2 is 1.79 bits per heavy atom. The van der Waals surface area contributed by atoms with E-state index in [0.717, 1.165) is 16.9 Å². The molecule has 0 saturated carbocycles. The van der Waals surface area contributed by atoms with E-state index in [1.807, 2.05) is 54.1 Å². The minimum atomic E-state index is -0.231. The van der Waals surface area contributed by atoms with Crippen molar-refractivity contribution in [2.24, 2.45) is 0 Å². The van der Waals surface area contributed by atoms with Crippen LogP contribution in [0.4, 0.5) is 5.69 Å². The Hall–Kier alpha value is -3.58. The zero-order chi connectivity index (χ0) is 23.7. The number of aromatic nitrogens is 3. The van der Waals surface area contributed by atoms with E-state index in [1.54, 1.807) is 12.3 Å². The van der Waals surface area contributed by atoms with Crippen LogP contribution in [0, 0.1) is 0 Å². The van der Waals surface area contributed by atoms with Gasteiger partial charge in [-0.25, -0.2) is 0 Å². The molecule has 0 aliphatic carbocycles. The quantitative estimate of drug-likeness (QED) is 0.260.